The Morgan fingerprint density at radius 1 is 1.22 bits per heavy atom. The van der Waals surface area contributed by atoms with E-state index in [-0.39, 0.29) is 11.7 Å². The lowest BCUT2D eigenvalue weighted by molar-refractivity contribution is -0.113. The molecule has 136 valence electrons. The molecule has 0 fully saturated rings. The van der Waals surface area contributed by atoms with Crippen LogP contribution in [0.4, 0.5) is 5.69 Å². The molecule has 0 atom stereocenters. The van der Waals surface area contributed by atoms with E-state index in [1.165, 1.54) is 17.3 Å². The summed E-state index contributed by atoms with van der Waals surface area (Å²) in [5.41, 5.74) is 2.99. The number of tetrazole rings is 1. The Balaban J connectivity index is 1.66. The van der Waals surface area contributed by atoms with Crippen molar-refractivity contribution in [1.82, 2.24) is 20.2 Å². The number of nitrogens with zero attached hydrogens (tertiary/aromatic N) is 5. The molecule has 1 amide bonds. The van der Waals surface area contributed by atoms with E-state index in [0.717, 1.165) is 5.69 Å². The van der Waals surface area contributed by atoms with Gasteiger partial charge in [-0.3, -0.25) is 4.79 Å². The average Bonchev–Trinajstić information content (AvgIpc) is 3.15. The molecule has 0 spiro atoms. The first-order valence-electron chi connectivity index (χ1n) is 8.39. The summed E-state index contributed by atoms with van der Waals surface area (Å²) in [6, 6.07) is 16.9. The third-order valence-corrected chi connectivity index (χ3v) is 4.82. The van der Waals surface area contributed by atoms with Crippen LogP contribution in [0.25, 0.3) is 5.69 Å². The van der Waals surface area contributed by atoms with Gasteiger partial charge in [0.2, 0.25) is 11.1 Å². The number of aromatic nitrogens is 4. The Hall–Kier alpha value is -3.18. The van der Waals surface area contributed by atoms with Crippen molar-refractivity contribution < 1.29 is 4.79 Å². The van der Waals surface area contributed by atoms with Gasteiger partial charge < -0.3 is 5.32 Å². The smallest absolute Gasteiger partial charge is 0.234 e. The molecule has 0 saturated heterocycles. The van der Waals surface area contributed by atoms with Gasteiger partial charge in [0.05, 0.1) is 22.7 Å². The third kappa shape index (κ3) is 4.51. The van der Waals surface area contributed by atoms with Crippen molar-refractivity contribution in [2.45, 2.75) is 24.9 Å². The van der Waals surface area contributed by atoms with E-state index in [2.05, 4.69) is 40.8 Å². The number of carbonyl (C=O) groups excluding carboxylic acids is 1. The fraction of sp³-hybridized carbons (Fsp3) is 0.211. The lowest BCUT2D eigenvalue weighted by Gasteiger charge is -2.08. The van der Waals surface area contributed by atoms with Crippen LogP contribution in [0.15, 0.2) is 53.7 Å². The first-order valence-corrected chi connectivity index (χ1v) is 9.37. The quantitative estimate of drug-likeness (QED) is 0.661. The van der Waals surface area contributed by atoms with Gasteiger partial charge in [0, 0.05) is 0 Å². The third-order valence-electron chi connectivity index (χ3n) is 3.90. The molecular weight excluding hydrogens is 360 g/mol. The maximum Gasteiger partial charge on any atom is 0.234 e. The fourth-order valence-corrected chi connectivity index (χ4v) is 3.13. The normalized spacial score (nSPS) is 10.6. The molecule has 0 aliphatic rings. The topological polar surface area (TPSA) is 96.5 Å². The van der Waals surface area contributed by atoms with Gasteiger partial charge in [-0.2, -0.15) is 9.94 Å². The van der Waals surface area contributed by atoms with Gasteiger partial charge in [0.25, 0.3) is 0 Å². The number of nitriles is 1. The molecule has 8 heteroatoms. The van der Waals surface area contributed by atoms with Crippen molar-refractivity contribution in [3.8, 4) is 11.8 Å². The standard InChI is InChI=1S/C19H18N6OS/c1-13(2)14-7-9-16(10-8-14)25-19(22-23-24-25)27-12-18(26)21-17-6-4-3-5-15(17)11-20/h3-10,13H,12H2,1-2H3,(H,21,26). The molecule has 0 aliphatic carbocycles. The van der Waals surface area contributed by atoms with Crippen LogP contribution in [-0.2, 0) is 4.79 Å². The zero-order chi connectivity index (χ0) is 19.2. The summed E-state index contributed by atoms with van der Waals surface area (Å²) in [6.07, 6.45) is 0. The van der Waals surface area contributed by atoms with Crippen LogP contribution < -0.4 is 5.32 Å². The van der Waals surface area contributed by atoms with E-state index in [9.17, 15) is 4.79 Å². The zero-order valence-corrected chi connectivity index (χ0v) is 15.8. The number of hydrogen-bond donors (Lipinski definition) is 1. The minimum Gasteiger partial charge on any atom is -0.324 e. The lowest BCUT2D eigenvalue weighted by atomic mass is 10.0. The SMILES string of the molecule is CC(C)c1ccc(-n2nnnc2SCC(=O)Nc2ccccc2C#N)cc1. The summed E-state index contributed by atoms with van der Waals surface area (Å²) < 4.78 is 1.60. The Morgan fingerprint density at radius 2 is 1.96 bits per heavy atom. The van der Waals surface area contributed by atoms with Crippen molar-refractivity contribution in [3.05, 3.63) is 59.7 Å². The lowest BCUT2D eigenvalue weighted by Crippen LogP contribution is -2.15. The maximum absolute atomic E-state index is 12.2. The van der Waals surface area contributed by atoms with Crippen LogP contribution in [-0.4, -0.2) is 31.9 Å². The van der Waals surface area contributed by atoms with E-state index >= 15 is 0 Å². The van der Waals surface area contributed by atoms with Gasteiger partial charge >= 0.3 is 0 Å². The van der Waals surface area contributed by atoms with Crippen molar-refractivity contribution in [2.24, 2.45) is 0 Å². The predicted octanol–water partition coefficient (Wildman–Crippen LogP) is 3.39. The van der Waals surface area contributed by atoms with Crippen LogP contribution in [0.1, 0.15) is 30.9 Å². The number of thioether (sulfide) groups is 1. The first kappa shape index (κ1) is 18.6. The molecule has 0 radical (unpaired) electrons. The van der Waals surface area contributed by atoms with Gasteiger partial charge in [-0.1, -0.05) is 49.9 Å². The van der Waals surface area contributed by atoms with Crippen molar-refractivity contribution in [1.29, 1.82) is 5.26 Å². The molecule has 3 aromatic rings. The van der Waals surface area contributed by atoms with E-state index in [1.54, 1.807) is 28.9 Å². The number of para-hydroxylation sites is 1. The Bertz CT molecular complexity index is 974. The predicted molar refractivity (Wildman–Crippen MR) is 104 cm³/mol. The molecular formula is C19H18N6OS. The van der Waals surface area contributed by atoms with Gasteiger partial charge in [-0.05, 0) is 46.2 Å². The summed E-state index contributed by atoms with van der Waals surface area (Å²) in [7, 11) is 0. The maximum atomic E-state index is 12.2. The van der Waals surface area contributed by atoms with Crippen molar-refractivity contribution >= 4 is 23.4 Å². The summed E-state index contributed by atoms with van der Waals surface area (Å²) >= 11 is 1.23. The van der Waals surface area contributed by atoms with E-state index < -0.39 is 0 Å². The second kappa shape index (κ2) is 8.47. The highest BCUT2D eigenvalue weighted by Gasteiger charge is 2.13. The van der Waals surface area contributed by atoms with Crippen molar-refractivity contribution in [2.75, 3.05) is 11.1 Å². The van der Waals surface area contributed by atoms with Gasteiger partial charge in [-0.15, -0.1) is 5.10 Å². The summed E-state index contributed by atoms with van der Waals surface area (Å²) in [6.45, 7) is 4.27. The molecule has 1 N–H and O–H groups in total. The van der Waals surface area contributed by atoms with Gasteiger partial charge in [0.1, 0.15) is 6.07 Å². The highest BCUT2D eigenvalue weighted by atomic mass is 32.2. The Morgan fingerprint density at radius 3 is 2.67 bits per heavy atom. The summed E-state index contributed by atoms with van der Waals surface area (Å²) in [5.74, 6) is 0.346. The molecule has 1 aromatic heterocycles. The summed E-state index contributed by atoms with van der Waals surface area (Å²) in [5, 5.41) is 24.1. The Kier molecular flexibility index (Phi) is 5.84. The van der Waals surface area contributed by atoms with Crippen LogP contribution in [0.3, 0.4) is 0 Å². The molecule has 0 unspecified atom stereocenters. The van der Waals surface area contributed by atoms with Crippen LogP contribution in [0, 0.1) is 11.3 Å². The summed E-state index contributed by atoms with van der Waals surface area (Å²) in [4.78, 5) is 12.2. The van der Waals surface area contributed by atoms with E-state index in [4.69, 9.17) is 5.26 Å². The molecule has 2 aromatic carbocycles. The number of rotatable bonds is 6. The molecule has 0 aliphatic heterocycles. The van der Waals surface area contributed by atoms with Crippen LogP contribution >= 0.6 is 11.8 Å². The highest BCUT2D eigenvalue weighted by Crippen LogP contribution is 2.21. The number of hydrogen-bond acceptors (Lipinski definition) is 6. The molecule has 0 saturated carbocycles. The monoisotopic (exact) mass is 378 g/mol. The average molecular weight is 378 g/mol. The molecule has 7 nitrogen and oxygen atoms in total. The molecule has 0 bridgehead atoms. The molecule has 27 heavy (non-hydrogen) atoms. The second-order valence-corrected chi connectivity index (χ2v) is 7.06. The second-order valence-electron chi connectivity index (χ2n) is 6.11. The van der Waals surface area contributed by atoms with E-state index in [0.29, 0.717) is 22.3 Å². The van der Waals surface area contributed by atoms with Crippen molar-refractivity contribution in [3.63, 3.8) is 0 Å². The van der Waals surface area contributed by atoms with Crippen LogP contribution in [0.2, 0.25) is 0 Å². The molecule has 3 rings (SSSR count). The minimum absolute atomic E-state index is 0.129. The fourth-order valence-electron chi connectivity index (χ4n) is 2.44. The van der Waals surface area contributed by atoms with Gasteiger partial charge in [-0.25, -0.2) is 0 Å². The minimum atomic E-state index is -0.229. The molecule has 1 heterocycles. The Labute approximate surface area is 161 Å². The number of benzene rings is 2. The van der Waals surface area contributed by atoms with Crippen LogP contribution in [0.5, 0.6) is 0 Å². The highest BCUT2D eigenvalue weighted by molar-refractivity contribution is 7.99. The van der Waals surface area contributed by atoms with Gasteiger partial charge in [0.15, 0.2) is 0 Å². The number of amides is 1. The number of anilines is 1. The first-order chi connectivity index (χ1) is 13.1. The number of carbonyl (C=O) groups is 1. The zero-order valence-electron chi connectivity index (χ0n) is 15.0. The largest absolute Gasteiger partial charge is 0.324 e. The van der Waals surface area contributed by atoms with E-state index in [1.807, 2.05) is 24.3 Å². The number of nitrogens with one attached hydrogen (secondary N) is 1.